The third kappa shape index (κ3) is 1.31. The summed E-state index contributed by atoms with van der Waals surface area (Å²) < 4.78 is 0. The Kier molecular flexibility index (Phi) is 1.81. The third-order valence-corrected chi connectivity index (χ3v) is 2.21. The highest BCUT2D eigenvalue weighted by Gasteiger charge is 2.14. The van der Waals surface area contributed by atoms with Gasteiger partial charge in [0, 0.05) is 13.2 Å². The van der Waals surface area contributed by atoms with Crippen molar-refractivity contribution in [2.45, 2.75) is 0 Å². The summed E-state index contributed by atoms with van der Waals surface area (Å²) in [4.78, 5) is 2.04. The quantitative estimate of drug-likeness (QED) is 0.697. The molecule has 0 saturated carbocycles. The van der Waals surface area contributed by atoms with Gasteiger partial charge in [0.1, 0.15) is 5.82 Å². The van der Waals surface area contributed by atoms with Gasteiger partial charge in [0.05, 0.1) is 5.70 Å². The predicted molar refractivity (Wildman–Crippen MR) is 54.5 cm³/mol. The molecule has 66 valence electrons. The molecule has 0 fully saturated rings. The molecule has 1 aliphatic rings. The number of hydrogen-bond acceptors (Lipinski definition) is 2. The van der Waals surface area contributed by atoms with E-state index in [1.165, 1.54) is 5.56 Å². The van der Waals surface area contributed by atoms with E-state index in [1.54, 1.807) is 0 Å². The van der Waals surface area contributed by atoms with Crippen LogP contribution in [0.1, 0.15) is 5.56 Å². The van der Waals surface area contributed by atoms with Crippen molar-refractivity contribution in [3.8, 4) is 0 Å². The lowest BCUT2D eigenvalue weighted by molar-refractivity contribution is 0.596. The van der Waals surface area contributed by atoms with Crippen molar-refractivity contribution in [3.63, 3.8) is 0 Å². The number of rotatable bonds is 1. The molecule has 1 aliphatic heterocycles. The standard InChI is InChI=1S/C11H12N2/c1-9-12-8-11(13(9)2)10-6-4-3-5-7-10/h3-8,12H,1H2,2H3. The molecule has 0 aromatic heterocycles. The Hall–Kier alpha value is -1.70. The van der Waals surface area contributed by atoms with E-state index < -0.39 is 0 Å². The number of benzene rings is 1. The fourth-order valence-corrected chi connectivity index (χ4v) is 1.38. The van der Waals surface area contributed by atoms with Gasteiger partial charge in [0.15, 0.2) is 0 Å². The summed E-state index contributed by atoms with van der Waals surface area (Å²) in [5.74, 6) is 0.916. The highest BCUT2D eigenvalue weighted by atomic mass is 15.3. The van der Waals surface area contributed by atoms with Crippen LogP contribution >= 0.6 is 0 Å². The summed E-state index contributed by atoms with van der Waals surface area (Å²) in [5.41, 5.74) is 2.36. The van der Waals surface area contributed by atoms with Crippen LogP contribution in [-0.2, 0) is 0 Å². The van der Waals surface area contributed by atoms with Crippen LogP contribution in [0, 0.1) is 0 Å². The lowest BCUT2D eigenvalue weighted by Crippen LogP contribution is -2.14. The van der Waals surface area contributed by atoms with Crippen molar-refractivity contribution >= 4 is 5.70 Å². The Balaban J connectivity index is 2.34. The fraction of sp³-hybridized carbons (Fsp3) is 0.0909. The van der Waals surface area contributed by atoms with Crippen molar-refractivity contribution in [1.82, 2.24) is 10.2 Å². The Labute approximate surface area is 78.2 Å². The topological polar surface area (TPSA) is 15.3 Å². The van der Waals surface area contributed by atoms with Crippen molar-refractivity contribution < 1.29 is 0 Å². The Morgan fingerprint density at radius 2 is 1.92 bits per heavy atom. The molecule has 0 radical (unpaired) electrons. The highest BCUT2D eigenvalue weighted by Crippen LogP contribution is 2.23. The van der Waals surface area contributed by atoms with Gasteiger partial charge in [-0.05, 0) is 5.56 Å². The Bertz CT molecular complexity index is 352. The molecule has 0 aliphatic carbocycles. The van der Waals surface area contributed by atoms with Crippen LogP contribution in [0.3, 0.4) is 0 Å². The highest BCUT2D eigenvalue weighted by molar-refractivity contribution is 5.67. The molecule has 0 bridgehead atoms. The molecule has 13 heavy (non-hydrogen) atoms. The van der Waals surface area contributed by atoms with E-state index in [9.17, 15) is 0 Å². The molecule has 0 unspecified atom stereocenters. The summed E-state index contributed by atoms with van der Waals surface area (Å²) in [6, 6.07) is 10.3. The molecule has 2 heteroatoms. The van der Waals surface area contributed by atoms with E-state index in [1.807, 2.05) is 36.3 Å². The molecule has 0 saturated heterocycles. The van der Waals surface area contributed by atoms with Gasteiger partial charge >= 0.3 is 0 Å². The van der Waals surface area contributed by atoms with Crippen LogP contribution < -0.4 is 5.32 Å². The average Bonchev–Trinajstić information content (AvgIpc) is 2.49. The minimum Gasteiger partial charge on any atom is -0.346 e. The first kappa shape index (κ1) is 7.92. The minimum atomic E-state index is 0.916. The summed E-state index contributed by atoms with van der Waals surface area (Å²) in [7, 11) is 2.00. The Morgan fingerprint density at radius 1 is 1.23 bits per heavy atom. The van der Waals surface area contributed by atoms with E-state index >= 15 is 0 Å². The van der Waals surface area contributed by atoms with E-state index in [-0.39, 0.29) is 0 Å². The van der Waals surface area contributed by atoms with Crippen molar-refractivity contribution in [1.29, 1.82) is 0 Å². The van der Waals surface area contributed by atoms with Gasteiger partial charge in [-0.25, -0.2) is 0 Å². The summed E-state index contributed by atoms with van der Waals surface area (Å²) in [5, 5.41) is 3.09. The van der Waals surface area contributed by atoms with Crippen LogP contribution in [-0.4, -0.2) is 11.9 Å². The maximum absolute atomic E-state index is 3.87. The average molecular weight is 172 g/mol. The molecule has 2 rings (SSSR count). The molecule has 1 aromatic rings. The van der Waals surface area contributed by atoms with Crippen LogP contribution in [0.4, 0.5) is 0 Å². The normalized spacial score (nSPS) is 15.6. The molecule has 0 spiro atoms. The second kappa shape index (κ2) is 2.98. The molecular weight excluding hydrogens is 160 g/mol. The number of nitrogens with zero attached hydrogens (tertiary/aromatic N) is 1. The largest absolute Gasteiger partial charge is 0.346 e. The van der Waals surface area contributed by atoms with E-state index in [0.29, 0.717) is 0 Å². The van der Waals surface area contributed by atoms with Crippen molar-refractivity contribution in [2.24, 2.45) is 0 Å². The van der Waals surface area contributed by atoms with Gasteiger partial charge in [-0.1, -0.05) is 36.9 Å². The van der Waals surface area contributed by atoms with Gasteiger partial charge in [0.2, 0.25) is 0 Å². The summed E-state index contributed by atoms with van der Waals surface area (Å²) >= 11 is 0. The number of hydrogen-bond donors (Lipinski definition) is 1. The molecule has 1 aromatic carbocycles. The van der Waals surface area contributed by atoms with E-state index in [4.69, 9.17) is 0 Å². The first-order valence-electron chi connectivity index (χ1n) is 4.24. The smallest absolute Gasteiger partial charge is 0.102 e. The summed E-state index contributed by atoms with van der Waals surface area (Å²) in [6.07, 6.45) is 1.97. The zero-order valence-corrected chi connectivity index (χ0v) is 7.62. The van der Waals surface area contributed by atoms with Gasteiger partial charge in [0.25, 0.3) is 0 Å². The third-order valence-electron chi connectivity index (χ3n) is 2.21. The fourth-order valence-electron chi connectivity index (χ4n) is 1.38. The summed E-state index contributed by atoms with van der Waals surface area (Å²) in [6.45, 7) is 3.87. The monoisotopic (exact) mass is 172 g/mol. The SMILES string of the molecule is C=C1NC=C(c2ccccc2)N1C. The van der Waals surface area contributed by atoms with Gasteiger partial charge in [-0.15, -0.1) is 0 Å². The molecule has 1 heterocycles. The Morgan fingerprint density at radius 3 is 2.46 bits per heavy atom. The van der Waals surface area contributed by atoms with Gasteiger partial charge < -0.3 is 10.2 Å². The second-order valence-electron chi connectivity index (χ2n) is 3.05. The lowest BCUT2D eigenvalue weighted by atomic mass is 10.1. The molecule has 2 nitrogen and oxygen atoms in total. The maximum Gasteiger partial charge on any atom is 0.102 e. The van der Waals surface area contributed by atoms with Crippen LogP contribution in [0.2, 0.25) is 0 Å². The number of nitrogens with one attached hydrogen (secondary N) is 1. The van der Waals surface area contributed by atoms with E-state index in [2.05, 4.69) is 24.0 Å². The zero-order chi connectivity index (χ0) is 9.26. The van der Waals surface area contributed by atoms with Gasteiger partial charge in [-0.3, -0.25) is 0 Å². The second-order valence-corrected chi connectivity index (χ2v) is 3.05. The predicted octanol–water partition coefficient (Wildman–Crippen LogP) is 1.99. The maximum atomic E-state index is 3.87. The first-order valence-corrected chi connectivity index (χ1v) is 4.24. The zero-order valence-electron chi connectivity index (χ0n) is 7.62. The molecule has 0 atom stereocenters. The lowest BCUT2D eigenvalue weighted by Gasteiger charge is -2.16. The van der Waals surface area contributed by atoms with Crippen molar-refractivity contribution in [2.75, 3.05) is 7.05 Å². The molecular formula is C11H12N2. The van der Waals surface area contributed by atoms with Gasteiger partial charge in [-0.2, -0.15) is 0 Å². The van der Waals surface area contributed by atoms with Crippen LogP contribution in [0.5, 0.6) is 0 Å². The van der Waals surface area contributed by atoms with Crippen molar-refractivity contribution in [3.05, 3.63) is 54.5 Å². The molecule has 0 amide bonds. The molecule has 1 N–H and O–H groups in total. The first-order chi connectivity index (χ1) is 6.29. The van der Waals surface area contributed by atoms with E-state index in [0.717, 1.165) is 11.5 Å². The van der Waals surface area contributed by atoms with Crippen LogP contribution in [0.15, 0.2) is 48.9 Å². The minimum absolute atomic E-state index is 0.916. The van der Waals surface area contributed by atoms with Crippen LogP contribution in [0.25, 0.3) is 5.70 Å².